The fourth-order valence-corrected chi connectivity index (χ4v) is 1.37. The molecule has 0 saturated heterocycles. The second-order valence-electron chi connectivity index (χ2n) is 4.33. The highest BCUT2D eigenvalue weighted by Gasteiger charge is 2.16. The number of nitrogens with one attached hydrogen (secondary N) is 1. The van der Waals surface area contributed by atoms with Gasteiger partial charge >= 0.3 is 0 Å². The summed E-state index contributed by atoms with van der Waals surface area (Å²) in [5.41, 5.74) is 1.08. The predicted octanol–water partition coefficient (Wildman–Crippen LogP) is 1.98. The van der Waals surface area contributed by atoms with Gasteiger partial charge in [0.25, 0.3) is 5.91 Å². The second kappa shape index (κ2) is 5.35. The number of hydrogen-bond donors (Lipinski definition) is 2. The third-order valence-corrected chi connectivity index (χ3v) is 2.55. The number of aryl methyl sites for hydroxylation is 1. The Morgan fingerprint density at radius 1 is 1.47 bits per heavy atom. The van der Waals surface area contributed by atoms with Crippen LogP contribution in [0.1, 0.15) is 29.8 Å². The molecule has 1 aromatic rings. The van der Waals surface area contributed by atoms with Gasteiger partial charge in [-0.1, -0.05) is 13.8 Å². The molecule has 0 radical (unpaired) electrons. The highest BCUT2D eigenvalue weighted by atomic mass is 16.3. The van der Waals surface area contributed by atoms with Gasteiger partial charge in [-0.05, 0) is 36.6 Å². The predicted molar refractivity (Wildman–Crippen MR) is 64.5 cm³/mol. The van der Waals surface area contributed by atoms with E-state index in [1.807, 2.05) is 19.9 Å². The molecular formula is C13H16N2O2. The van der Waals surface area contributed by atoms with E-state index in [1.54, 1.807) is 13.0 Å². The Bertz CT molecular complexity index is 461. The molecule has 1 rings (SSSR count). The quantitative estimate of drug-likeness (QED) is 0.836. The fourth-order valence-electron chi connectivity index (χ4n) is 1.37. The van der Waals surface area contributed by atoms with Gasteiger partial charge in [-0.3, -0.25) is 4.79 Å². The van der Waals surface area contributed by atoms with E-state index in [9.17, 15) is 9.90 Å². The summed E-state index contributed by atoms with van der Waals surface area (Å²) in [7, 11) is 0. The molecule has 0 saturated carbocycles. The molecule has 0 aliphatic heterocycles. The monoisotopic (exact) mass is 232 g/mol. The maximum atomic E-state index is 11.8. The number of amides is 1. The van der Waals surface area contributed by atoms with E-state index in [0.29, 0.717) is 11.1 Å². The number of rotatable bonds is 3. The number of benzene rings is 1. The summed E-state index contributed by atoms with van der Waals surface area (Å²) in [4.78, 5) is 11.8. The molecule has 0 aliphatic rings. The van der Waals surface area contributed by atoms with Crippen molar-refractivity contribution in [3.63, 3.8) is 0 Å². The minimum atomic E-state index is -0.503. The number of carbonyl (C=O) groups is 1. The lowest BCUT2D eigenvalue weighted by Gasteiger charge is -2.15. The number of nitrogens with zero attached hydrogens (tertiary/aromatic N) is 1. The molecule has 1 aromatic carbocycles. The van der Waals surface area contributed by atoms with Crippen molar-refractivity contribution in [2.24, 2.45) is 5.92 Å². The summed E-state index contributed by atoms with van der Waals surface area (Å²) in [5, 5.41) is 20.9. The summed E-state index contributed by atoms with van der Waals surface area (Å²) < 4.78 is 0. The van der Waals surface area contributed by atoms with Crippen molar-refractivity contribution in [1.29, 1.82) is 5.26 Å². The third-order valence-electron chi connectivity index (χ3n) is 2.55. The molecule has 0 aromatic heterocycles. The van der Waals surface area contributed by atoms with Gasteiger partial charge in [-0.25, -0.2) is 0 Å². The number of nitriles is 1. The Morgan fingerprint density at radius 2 is 2.12 bits per heavy atom. The average molecular weight is 232 g/mol. The first kappa shape index (κ1) is 13.0. The molecule has 17 heavy (non-hydrogen) atoms. The van der Waals surface area contributed by atoms with E-state index in [2.05, 4.69) is 5.32 Å². The van der Waals surface area contributed by atoms with Gasteiger partial charge in [0.15, 0.2) is 0 Å². The van der Waals surface area contributed by atoms with Crippen LogP contribution in [0.2, 0.25) is 0 Å². The first-order valence-electron chi connectivity index (χ1n) is 5.45. The lowest BCUT2D eigenvalue weighted by molar-refractivity contribution is 0.0937. The van der Waals surface area contributed by atoms with Crippen molar-refractivity contribution < 1.29 is 9.90 Å². The number of carbonyl (C=O) groups excluding carboxylic acids is 1. The van der Waals surface area contributed by atoms with Crippen LogP contribution in [0.5, 0.6) is 5.75 Å². The average Bonchev–Trinajstić information content (AvgIpc) is 2.28. The summed E-state index contributed by atoms with van der Waals surface area (Å²) in [6.45, 7) is 5.46. The molecular weight excluding hydrogens is 216 g/mol. The van der Waals surface area contributed by atoms with Gasteiger partial charge in [0, 0.05) is 5.56 Å². The van der Waals surface area contributed by atoms with Crippen molar-refractivity contribution in [2.45, 2.75) is 26.8 Å². The van der Waals surface area contributed by atoms with Gasteiger partial charge < -0.3 is 10.4 Å². The molecule has 0 heterocycles. The van der Waals surface area contributed by atoms with Gasteiger partial charge in [-0.2, -0.15) is 5.26 Å². The SMILES string of the molecule is Cc1cc(C(=O)NC(C#N)C(C)C)ccc1O. The maximum Gasteiger partial charge on any atom is 0.252 e. The molecule has 4 heteroatoms. The van der Waals surface area contributed by atoms with E-state index in [4.69, 9.17) is 5.26 Å². The topological polar surface area (TPSA) is 73.1 Å². The Morgan fingerprint density at radius 3 is 2.59 bits per heavy atom. The van der Waals surface area contributed by atoms with Crippen LogP contribution in [-0.4, -0.2) is 17.1 Å². The molecule has 2 N–H and O–H groups in total. The Labute approximate surface area is 101 Å². The van der Waals surface area contributed by atoms with Crippen molar-refractivity contribution in [3.8, 4) is 11.8 Å². The zero-order chi connectivity index (χ0) is 13.0. The summed E-state index contributed by atoms with van der Waals surface area (Å²) >= 11 is 0. The molecule has 0 aliphatic carbocycles. The Kier molecular flexibility index (Phi) is 4.11. The van der Waals surface area contributed by atoms with Crippen molar-refractivity contribution in [1.82, 2.24) is 5.32 Å². The normalized spacial score (nSPS) is 11.9. The van der Waals surface area contributed by atoms with Gasteiger partial charge in [0.05, 0.1) is 6.07 Å². The first-order chi connectivity index (χ1) is 7.95. The van der Waals surface area contributed by atoms with Crippen molar-refractivity contribution in [3.05, 3.63) is 29.3 Å². The lowest BCUT2D eigenvalue weighted by atomic mass is 10.0. The molecule has 0 fully saturated rings. The van der Waals surface area contributed by atoms with E-state index < -0.39 is 6.04 Å². The minimum absolute atomic E-state index is 0.0576. The molecule has 1 amide bonds. The van der Waals surface area contributed by atoms with Crippen LogP contribution in [-0.2, 0) is 0 Å². The highest BCUT2D eigenvalue weighted by molar-refractivity contribution is 5.95. The summed E-state index contributed by atoms with van der Waals surface area (Å²) in [6, 6.07) is 6.15. The fraction of sp³-hybridized carbons (Fsp3) is 0.385. The number of phenolic OH excluding ortho intramolecular Hbond substituents is 1. The first-order valence-corrected chi connectivity index (χ1v) is 5.45. The van der Waals surface area contributed by atoms with Crippen LogP contribution >= 0.6 is 0 Å². The highest BCUT2D eigenvalue weighted by Crippen LogP contribution is 2.17. The van der Waals surface area contributed by atoms with Crippen molar-refractivity contribution >= 4 is 5.91 Å². The van der Waals surface area contributed by atoms with E-state index in [1.165, 1.54) is 12.1 Å². The van der Waals surface area contributed by atoms with Crippen LogP contribution in [0.4, 0.5) is 0 Å². The molecule has 90 valence electrons. The molecule has 0 spiro atoms. The van der Waals surface area contributed by atoms with Crippen LogP contribution in [0.15, 0.2) is 18.2 Å². The maximum absolute atomic E-state index is 11.8. The van der Waals surface area contributed by atoms with Gasteiger partial charge in [0.1, 0.15) is 11.8 Å². The summed E-state index contributed by atoms with van der Waals surface area (Å²) in [6.07, 6.45) is 0. The van der Waals surface area contributed by atoms with E-state index in [0.717, 1.165) is 0 Å². The molecule has 1 atom stereocenters. The van der Waals surface area contributed by atoms with Crippen LogP contribution in [0.25, 0.3) is 0 Å². The zero-order valence-corrected chi connectivity index (χ0v) is 10.2. The number of hydrogen-bond acceptors (Lipinski definition) is 3. The Balaban J connectivity index is 2.83. The molecule has 0 bridgehead atoms. The Hall–Kier alpha value is -2.02. The zero-order valence-electron chi connectivity index (χ0n) is 10.2. The van der Waals surface area contributed by atoms with Crippen molar-refractivity contribution in [2.75, 3.05) is 0 Å². The van der Waals surface area contributed by atoms with E-state index >= 15 is 0 Å². The summed E-state index contributed by atoms with van der Waals surface area (Å²) in [5.74, 6) is -0.0854. The van der Waals surface area contributed by atoms with Gasteiger partial charge in [0.2, 0.25) is 0 Å². The largest absolute Gasteiger partial charge is 0.508 e. The molecule has 4 nitrogen and oxygen atoms in total. The van der Waals surface area contributed by atoms with E-state index in [-0.39, 0.29) is 17.6 Å². The third kappa shape index (κ3) is 3.22. The van der Waals surface area contributed by atoms with Gasteiger partial charge in [-0.15, -0.1) is 0 Å². The minimum Gasteiger partial charge on any atom is -0.508 e. The number of aromatic hydroxyl groups is 1. The van der Waals surface area contributed by atoms with Crippen LogP contribution in [0, 0.1) is 24.2 Å². The van der Waals surface area contributed by atoms with Crippen LogP contribution in [0.3, 0.4) is 0 Å². The second-order valence-corrected chi connectivity index (χ2v) is 4.33. The number of phenols is 1. The lowest BCUT2D eigenvalue weighted by Crippen LogP contribution is -2.37. The standard InChI is InChI=1S/C13H16N2O2/c1-8(2)11(7-14)15-13(17)10-4-5-12(16)9(3)6-10/h4-6,8,11,16H,1-3H3,(H,15,17). The van der Waals surface area contributed by atoms with Crippen LogP contribution < -0.4 is 5.32 Å². The molecule has 1 unspecified atom stereocenters. The smallest absolute Gasteiger partial charge is 0.252 e.